The lowest BCUT2D eigenvalue weighted by molar-refractivity contribution is -0.672. The van der Waals surface area contributed by atoms with E-state index in [9.17, 15) is 0 Å². The number of methoxy groups -OCH3 is 2. The van der Waals surface area contributed by atoms with E-state index in [1.807, 2.05) is 54.8 Å². The monoisotopic (exact) mass is 633 g/mol. The molecule has 0 spiro atoms. The number of nitrogens with zero attached hydrogens (tertiary/aromatic N) is 6. The van der Waals surface area contributed by atoms with Crippen LogP contribution in [0.3, 0.4) is 0 Å². The van der Waals surface area contributed by atoms with Crippen LogP contribution in [-0.4, -0.2) is 55.4 Å². The molecular formula is C39H49N6O2+. The Morgan fingerprint density at radius 3 is 1.79 bits per heavy atom. The fourth-order valence-electron chi connectivity index (χ4n) is 5.78. The molecule has 1 aliphatic carbocycles. The molecule has 47 heavy (non-hydrogen) atoms. The van der Waals surface area contributed by atoms with Crippen molar-refractivity contribution in [2.45, 2.75) is 44.9 Å². The van der Waals surface area contributed by atoms with Crippen molar-refractivity contribution in [3.8, 4) is 0 Å². The molecule has 0 saturated heterocycles. The lowest BCUT2D eigenvalue weighted by Crippen LogP contribution is -2.35. The van der Waals surface area contributed by atoms with E-state index in [-0.39, 0.29) is 10.8 Å². The van der Waals surface area contributed by atoms with Gasteiger partial charge in [-0.15, -0.1) is 0 Å². The molecule has 8 nitrogen and oxygen atoms in total. The molecule has 0 unspecified atom stereocenters. The first-order valence-corrected chi connectivity index (χ1v) is 15.8. The predicted molar refractivity (Wildman–Crippen MR) is 194 cm³/mol. The Bertz CT molecular complexity index is 1740. The minimum atomic E-state index is -0.205. The molecule has 0 saturated carbocycles. The summed E-state index contributed by atoms with van der Waals surface area (Å²) < 4.78 is 15.2. The Labute approximate surface area is 280 Å². The largest absolute Gasteiger partial charge is 0.478 e. The molecule has 246 valence electrons. The Hall–Kier alpha value is -4.98. The molecule has 0 fully saturated rings. The first-order valence-electron chi connectivity index (χ1n) is 15.8. The van der Waals surface area contributed by atoms with Gasteiger partial charge in [0.2, 0.25) is 0 Å². The van der Waals surface area contributed by atoms with Gasteiger partial charge in [-0.25, -0.2) is 19.1 Å². The number of benzene rings is 2. The van der Waals surface area contributed by atoms with Crippen molar-refractivity contribution in [1.29, 1.82) is 0 Å². The van der Waals surface area contributed by atoms with Crippen LogP contribution in [0.5, 0.6) is 0 Å². The number of amidine groups is 1. The first kappa shape index (κ1) is 34.9. The highest BCUT2D eigenvalue weighted by Crippen LogP contribution is 2.39. The van der Waals surface area contributed by atoms with Crippen LogP contribution in [0.2, 0.25) is 0 Å². The van der Waals surface area contributed by atoms with Crippen LogP contribution in [0.25, 0.3) is 0 Å². The van der Waals surface area contributed by atoms with Crippen molar-refractivity contribution in [2.24, 2.45) is 29.1 Å². The molecule has 0 atom stereocenters. The Balaban J connectivity index is 1.52. The van der Waals surface area contributed by atoms with E-state index in [0.29, 0.717) is 17.6 Å². The fraction of sp³-hybridized carbons (Fsp3) is 0.333. The van der Waals surface area contributed by atoms with Crippen LogP contribution in [-0.2, 0) is 34.4 Å². The maximum atomic E-state index is 5.65. The highest BCUT2D eigenvalue weighted by Gasteiger charge is 2.28. The van der Waals surface area contributed by atoms with Crippen LogP contribution >= 0.6 is 0 Å². The van der Waals surface area contributed by atoms with Crippen molar-refractivity contribution in [3.63, 3.8) is 0 Å². The number of rotatable bonds is 8. The lowest BCUT2D eigenvalue weighted by atomic mass is 9.75. The second-order valence-electron chi connectivity index (χ2n) is 12.7. The molecule has 0 N–H and O–H groups in total. The van der Waals surface area contributed by atoms with Gasteiger partial charge in [-0.2, -0.15) is 0 Å². The van der Waals surface area contributed by atoms with Crippen LogP contribution in [0.4, 0.5) is 11.4 Å². The molecule has 8 heteroatoms. The van der Waals surface area contributed by atoms with E-state index < -0.39 is 0 Å². The number of aromatic nitrogens is 2. The summed E-state index contributed by atoms with van der Waals surface area (Å²) in [6.45, 7) is 12.9. The Kier molecular flexibility index (Phi) is 10.9. The van der Waals surface area contributed by atoms with Gasteiger partial charge in [0.15, 0.2) is 5.84 Å². The molecule has 1 heterocycles. The number of likely N-dealkylation sites (N-methyl/N-ethyl adjacent to an activating group) is 1. The van der Waals surface area contributed by atoms with Crippen LogP contribution < -0.4 is 4.57 Å². The van der Waals surface area contributed by atoms with Gasteiger partial charge in [-0.1, -0.05) is 82.8 Å². The van der Waals surface area contributed by atoms with Crippen LogP contribution in [0.15, 0.2) is 124 Å². The summed E-state index contributed by atoms with van der Waals surface area (Å²) in [4.78, 5) is 15.6. The van der Waals surface area contributed by atoms with Gasteiger partial charge in [0.1, 0.15) is 12.4 Å². The minimum absolute atomic E-state index is 0.195. The first-order chi connectivity index (χ1) is 22.4. The van der Waals surface area contributed by atoms with Crippen LogP contribution in [0, 0.1) is 0 Å². The highest BCUT2D eigenvalue weighted by molar-refractivity contribution is 6.38. The number of allylic oxidation sites excluding steroid dienone is 6. The highest BCUT2D eigenvalue weighted by atomic mass is 16.5. The van der Waals surface area contributed by atoms with Crippen molar-refractivity contribution >= 4 is 29.0 Å². The van der Waals surface area contributed by atoms with Crippen molar-refractivity contribution < 1.29 is 14.0 Å². The number of aliphatic imine (C=N–C) groups is 3. The average Bonchev–Trinajstić information content (AvgIpc) is 3.24. The SMILES string of the molecule is C=CN(C)C(=N/C)/C(=N/c1ccc(C(C)(C)C2=CCC=C(C(C)(C)c3ccc(/N=C(\OC)c4n(C)cc[n+]4C)cc3)C=C2)cc1)OC. The molecule has 0 bridgehead atoms. The van der Waals surface area contributed by atoms with E-state index >= 15 is 0 Å². The third-order valence-corrected chi connectivity index (χ3v) is 8.97. The van der Waals surface area contributed by atoms with E-state index in [1.54, 1.807) is 32.4 Å². The number of aryl methyl sites for hydroxylation is 2. The molecule has 4 rings (SSSR count). The molecular weight excluding hydrogens is 584 g/mol. The van der Waals surface area contributed by atoms with Gasteiger partial charge in [-0.05, 0) is 59.2 Å². The minimum Gasteiger partial charge on any atom is -0.478 e. The third kappa shape index (κ3) is 7.54. The van der Waals surface area contributed by atoms with Gasteiger partial charge >= 0.3 is 11.7 Å². The smallest absolute Gasteiger partial charge is 0.344 e. The summed E-state index contributed by atoms with van der Waals surface area (Å²) >= 11 is 0. The maximum absolute atomic E-state index is 5.65. The van der Waals surface area contributed by atoms with Gasteiger partial charge in [0.25, 0.3) is 5.90 Å². The normalized spacial score (nSPS) is 14.7. The maximum Gasteiger partial charge on any atom is 0.344 e. The van der Waals surface area contributed by atoms with E-state index in [4.69, 9.17) is 19.5 Å². The zero-order valence-electron chi connectivity index (χ0n) is 29.6. The van der Waals surface area contributed by atoms with Crippen molar-refractivity contribution in [1.82, 2.24) is 9.47 Å². The Morgan fingerprint density at radius 2 is 1.38 bits per heavy atom. The quantitative estimate of drug-likeness (QED) is 0.147. The van der Waals surface area contributed by atoms with Crippen LogP contribution in [0.1, 0.15) is 51.1 Å². The number of imidazole rings is 1. The summed E-state index contributed by atoms with van der Waals surface area (Å²) in [6, 6.07) is 16.8. The summed E-state index contributed by atoms with van der Waals surface area (Å²) in [7, 11) is 10.8. The van der Waals surface area contributed by atoms with E-state index in [0.717, 1.165) is 23.6 Å². The summed E-state index contributed by atoms with van der Waals surface area (Å²) in [5.41, 5.74) is 6.21. The summed E-state index contributed by atoms with van der Waals surface area (Å²) in [6.07, 6.45) is 15.7. The van der Waals surface area contributed by atoms with Crippen molar-refractivity contribution in [3.05, 3.63) is 126 Å². The molecule has 3 aromatic rings. The van der Waals surface area contributed by atoms with E-state index in [1.165, 1.54) is 22.3 Å². The van der Waals surface area contributed by atoms with E-state index in [2.05, 4.69) is 100.0 Å². The number of hydrogen-bond acceptors (Lipinski definition) is 5. The van der Waals surface area contributed by atoms with Gasteiger partial charge in [0, 0.05) is 24.9 Å². The fourth-order valence-corrected chi connectivity index (χ4v) is 5.78. The topological polar surface area (TPSA) is 67.6 Å². The lowest BCUT2D eigenvalue weighted by Gasteiger charge is -2.28. The number of hydrogen-bond donors (Lipinski definition) is 0. The predicted octanol–water partition coefficient (Wildman–Crippen LogP) is 7.42. The van der Waals surface area contributed by atoms with Gasteiger partial charge < -0.3 is 14.4 Å². The Morgan fingerprint density at radius 1 is 0.872 bits per heavy atom. The second-order valence-corrected chi connectivity index (χ2v) is 12.7. The zero-order chi connectivity index (χ0) is 34.4. The summed E-state index contributed by atoms with van der Waals surface area (Å²) in [5.74, 6) is 2.50. The third-order valence-electron chi connectivity index (χ3n) is 8.97. The summed E-state index contributed by atoms with van der Waals surface area (Å²) in [5, 5.41) is 0. The molecule has 2 aromatic carbocycles. The average molecular weight is 634 g/mol. The second kappa shape index (κ2) is 14.6. The molecule has 0 aliphatic heterocycles. The molecule has 0 radical (unpaired) electrons. The molecule has 1 aromatic heterocycles. The van der Waals surface area contributed by atoms with Gasteiger partial charge in [-0.3, -0.25) is 4.99 Å². The van der Waals surface area contributed by atoms with Crippen molar-refractivity contribution in [2.75, 3.05) is 28.3 Å². The molecule has 1 aliphatic rings. The zero-order valence-corrected chi connectivity index (χ0v) is 29.6. The standard InChI is InChI=1S/C39H49N6O2/c1-12-43(7)34(40-6)35(46-10)41-32-22-18-30(19-23-32)38(2,3)28-14-13-15-29(17-16-28)39(4,5)31-20-24-33(25-21-31)42-36(47-11)37-44(8)26-27-45(37)9/h12,14-27H,1,13H2,2-11H3/q+1/b40-34+,41-35-,42-36-. The van der Waals surface area contributed by atoms with Gasteiger partial charge in [0.05, 0.1) is 39.7 Å². The molecule has 0 amide bonds. The number of ether oxygens (including phenoxy) is 2.